The van der Waals surface area contributed by atoms with Crippen molar-refractivity contribution in [2.45, 2.75) is 129 Å². The molecular formula is C40H76O6P12. The first kappa shape index (κ1) is 62.4. The summed E-state index contributed by atoms with van der Waals surface area (Å²) in [5.41, 5.74) is 0. The first-order valence-electron chi connectivity index (χ1n) is 19.7. The summed E-state index contributed by atoms with van der Waals surface area (Å²) in [5, 5.41) is 0. The lowest BCUT2D eigenvalue weighted by Crippen LogP contribution is -2.02. The second kappa shape index (κ2) is 48.8. The standard InChI is InChI=1S/2C20H38O3P6/c2*1-3-5-13-19(21-24)15-9-6-7-10-16-20(22-28-25)17-12-8-11-14-18(4-2)23-29(26)27/h2*6-12,14-16,18-20,28H,3-5,13,17,24-27H2,1-2H3/b7-6+,12-8-,14-11+,15-9-,16-10+;. The van der Waals surface area contributed by atoms with Crippen LogP contribution < -0.4 is 0 Å². The molecule has 18 heteroatoms. The quantitative estimate of drug-likeness (QED) is 0.0473. The monoisotopic (exact) mass is 1020 g/mol. The zero-order chi connectivity index (χ0) is 43.5. The number of rotatable bonds is 34. The first-order valence-corrected chi connectivity index (χ1v) is 35.1. The van der Waals surface area contributed by atoms with Crippen LogP contribution in [0.4, 0.5) is 0 Å². The summed E-state index contributed by atoms with van der Waals surface area (Å²) in [6.45, 7) is 8.64. The molecule has 0 aliphatic heterocycles. The predicted molar refractivity (Wildman–Crippen MR) is 298 cm³/mol. The van der Waals surface area contributed by atoms with Gasteiger partial charge in [-0.1, -0.05) is 228 Å². The molecule has 0 heterocycles. The lowest BCUT2D eigenvalue weighted by molar-refractivity contribution is 0.275. The molecule has 0 bridgehead atoms. The first-order chi connectivity index (χ1) is 28.1. The molecule has 0 aromatic heterocycles. The minimum absolute atomic E-state index is 0.0712. The van der Waals surface area contributed by atoms with E-state index in [0.29, 0.717) is 17.0 Å². The van der Waals surface area contributed by atoms with Gasteiger partial charge in [0.15, 0.2) is 0 Å². The lowest BCUT2D eigenvalue weighted by atomic mass is 10.1. The van der Waals surface area contributed by atoms with Crippen LogP contribution in [-0.2, 0) is 27.1 Å². The molecule has 0 aromatic rings. The molecule has 332 valence electrons. The predicted octanol–water partition coefficient (Wildman–Crippen LogP) is 16.1. The van der Waals surface area contributed by atoms with E-state index in [-0.39, 0.29) is 36.6 Å². The van der Waals surface area contributed by atoms with Gasteiger partial charge in [-0.3, -0.25) is 0 Å². The van der Waals surface area contributed by atoms with E-state index >= 15 is 0 Å². The number of allylic oxidation sites excluding steroid dienone is 12. The summed E-state index contributed by atoms with van der Waals surface area (Å²) >= 11 is 0. The molecule has 0 fully saturated rings. The molecule has 0 N–H and O–H groups in total. The third-order valence-electron chi connectivity index (χ3n) is 7.64. The van der Waals surface area contributed by atoms with Crippen molar-refractivity contribution >= 4 is 105 Å². The van der Waals surface area contributed by atoms with Crippen molar-refractivity contribution in [3.8, 4) is 0 Å². The average Bonchev–Trinajstić information content (AvgIpc) is 3.21. The fraction of sp³-hybridized carbons (Fsp3) is 0.500. The van der Waals surface area contributed by atoms with Crippen LogP contribution in [0.5, 0.6) is 0 Å². The van der Waals surface area contributed by atoms with Crippen molar-refractivity contribution in [2.75, 3.05) is 0 Å². The summed E-state index contributed by atoms with van der Waals surface area (Å²) in [4.78, 5) is 0. The van der Waals surface area contributed by atoms with Gasteiger partial charge in [-0.15, -0.1) is 0 Å². The van der Waals surface area contributed by atoms with E-state index < -0.39 is 15.1 Å². The molecule has 0 spiro atoms. The number of hydrogen-bond donors (Lipinski definition) is 0. The van der Waals surface area contributed by atoms with Gasteiger partial charge in [0.25, 0.3) is 0 Å². The zero-order valence-corrected chi connectivity index (χ0v) is 48.1. The fourth-order valence-electron chi connectivity index (χ4n) is 4.51. The Hall–Kier alpha value is 2.32. The highest BCUT2D eigenvalue weighted by atomic mass is 32.4. The van der Waals surface area contributed by atoms with Crippen molar-refractivity contribution < 1.29 is 27.1 Å². The van der Waals surface area contributed by atoms with Crippen LogP contribution in [0.2, 0.25) is 0 Å². The molecule has 0 radical (unpaired) electrons. The normalized spacial score (nSPS) is 16.8. The van der Waals surface area contributed by atoms with Gasteiger partial charge >= 0.3 is 0 Å². The summed E-state index contributed by atoms with van der Waals surface area (Å²) in [7, 11) is 20.5. The molecule has 16 unspecified atom stereocenters. The maximum Gasteiger partial charge on any atom is 0.0836 e. The highest BCUT2D eigenvalue weighted by molar-refractivity contribution is 8.41. The second-order valence-corrected chi connectivity index (χ2v) is 26.9. The molecule has 0 rings (SSSR count). The van der Waals surface area contributed by atoms with Crippen LogP contribution in [0.1, 0.15) is 91.9 Å². The van der Waals surface area contributed by atoms with Crippen LogP contribution in [0.3, 0.4) is 0 Å². The molecule has 0 aliphatic rings. The Labute approximate surface area is 379 Å². The Morgan fingerprint density at radius 2 is 0.759 bits per heavy atom. The summed E-state index contributed by atoms with van der Waals surface area (Å²) in [5.74, 6) is 0. The molecule has 0 aromatic carbocycles. The van der Waals surface area contributed by atoms with E-state index in [1.54, 1.807) is 0 Å². The van der Waals surface area contributed by atoms with Gasteiger partial charge < -0.3 is 27.1 Å². The van der Waals surface area contributed by atoms with Crippen LogP contribution in [0, 0.1) is 0 Å². The van der Waals surface area contributed by atoms with Gasteiger partial charge in [-0.2, -0.15) is 0 Å². The van der Waals surface area contributed by atoms with Gasteiger partial charge in [0.2, 0.25) is 0 Å². The zero-order valence-electron chi connectivity index (χ0n) is 35.0. The van der Waals surface area contributed by atoms with Crippen molar-refractivity contribution in [3.63, 3.8) is 0 Å². The SMILES string of the molecule is CCCCC(C=CC=CC=CC(CC=CC=CC(CC)OP(P)P)OPP)OP.CCCCC(\C=C/C=C/C=C/C(C/C=C\C=C\C(CC)OP(P)P)OPP)OP. The third-order valence-corrected chi connectivity index (χ3v) is 12.5. The average molecular weight is 1020 g/mol. The van der Waals surface area contributed by atoms with Gasteiger partial charge in [-0.05, 0) is 38.5 Å². The van der Waals surface area contributed by atoms with Crippen LogP contribution in [0.25, 0.3) is 0 Å². The molecular weight excluding hydrogens is 948 g/mol. The third kappa shape index (κ3) is 43.6. The molecule has 6 nitrogen and oxygen atoms in total. The van der Waals surface area contributed by atoms with Crippen LogP contribution in [-0.4, -0.2) is 36.6 Å². The largest absolute Gasteiger partial charge is 0.358 e. The Bertz CT molecular complexity index is 1130. The van der Waals surface area contributed by atoms with E-state index in [0.717, 1.165) is 38.5 Å². The summed E-state index contributed by atoms with van der Waals surface area (Å²) in [6.07, 6.45) is 52.5. The van der Waals surface area contributed by atoms with Crippen LogP contribution >= 0.6 is 105 Å². The maximum atomic E-state index is 5.80. The lowest BCUT2D eigenvalue weighted by Gasteiger charge is -2.13. The Morgan fingerprint density at radius 1 is 0.448 bits per heavy atom. The fourth-order valence-corrected chi connectivity index (χ4v) is 9.65. The van der Waals surface area contributed by atoms with Crippen molar-refractivity contribution in [2.24, 2.45) is 0 Å². The molecule has 0 saturated heterocycles. The Balaban J connectivity index is 0. The smallest absolute Gasteiger partial charge is 0.0836 e. The highest BCUT2D eigenvalue weighted by Gasteiger charge is 2.06. The molecule has 0 aliphatic carbocycles. The van der Waals surface area contributed by atoms with Gasteiger partial charge in [0.05, 0.1) is 51.7 Å². The minimum atomic E-state index is -0.497. The Kier molecular flexibility index (Phi) is 52.5. The topological polar surface area (TPSA) is 55.4 Å². The maximum absolute atomic E-state index is 5.80. The van der Waals surface area contributed by atoms with Crippen molar-refractivity contribution in [3.05, 3.63) is 122 Å². The van der Waals surface area contributed by atoms with Gasteiger partial charge in [-0.25, -0.2) is 0 Å². The number of hydrogen-bond acceptors (Lipinski definition) is 6. The second-order valence-electron chi connectivity index (χ2n) is 12.4. The van der Waals surface area contributed by atoms with E-state index in [1.807, 2.05) is 48.6 Å². The van der Waals surface area contributed by atoms with E-state index in [1.165, 1.54) is 25.7 Å². The van der Waals surface area contributed by atoms with Crippen molar-refractivity contribution in [1.29, 1.82) is 0 Å². The van der Waals surface area contributed by atoms with E-state index in [2.05, 4.69) is 173 Å². The minimum Gasteiger partial charge on any atom is -0.358 e. The van der Waals surface area contributed by atoms with Gasteiger partial charge in [0.1, 0.15) is 0 Å². The van der Waals surface area contributed by atoms with Crippen LogP contribution in [0.15, 0.2) is 122 Å². The Morgan fingerprint density at radius 3 is 1.03 bits per heavy atom. The summed E-state index contributed by atoms with van der Waals surface area (Å²) < 4.78 is 33.9. The summed E-state index contributed by atoms with van der Waals surface area (Å²) in [6, 6.07) is 0. The van der Waals surface area contributed by atoms with E-state index in [9.17, 15) is 0 Å². The molecule has 0 amide bonds. The number of unbranched alkanes of at least 4 members (excludes halogenated alkanes) is 2. The highest BCUT2D eigenvalue weighted by Crippen LogP contribution is 2.55. The molecule has 0 saturated carbocycles. The van der Waals surface area contributed by atoms with Gasteiger partial charge in [0, 0.05) is 35.9 Å². The molecule has 58 heavy (non-hydrogen) atoms. The van der Waals surface area contributed by atoms with Crippen molar-refractivity contribution in [1.82, 2.24) is 0 Å². The molecule has 16 atom stereocenters. The van der Waals surface area contributed by atoms with E-state index in [4.69, 9.17) is 27.1 Å².